The molecule has 1 rings (SSSR count). The molecular weight excluding hydrogens is 277 g/mol. The van der Waals surface area contributed by atoms with Crippen LogP contribution in [-0.4, -0.2) is 61.9 Å². The quantitative estimate of drug-likeness (QED) is 0.635. The Morgan fingerprint density at radius 3 is 2.43 bits per heavy atom. The summed E-state index contributed by atoms with van der Waals surface area (Å²) in [6.07, 6.45) is -0.0184. The van der Waals surface area contributed by atoms with E-state index < -0.39 is 6.29 Å². The van der Waals surface area contributed by atoms with Crippen molar-refractivity contribution in [3.05, 3.63) is 35.6 Å². The van der Waals surface area contributed by atoms with Gasteiger partial charge in [-0.1, -0.05) is 12.1 Å². The van der Waals surface area contributed by atoms with E-state index in [0.717, 1.165) is 5.56 Å². The van der Waals surface area contributed by atoms with E-state index >= 15 is 0 Å². The van der Waals surface area contributed by atoms with Crippen LogP contribution in [-0.2, 0) is 9.47 Å². The van der Waals surface area contributed by atoms with Crippen molar-refractivity contribution >= 4 is 0 Å². The minimum Gasteiger partial charge on any atom is -0.396 e. The lowest BCUT2D eigenvalue weighted by atomic mass is 10.0. The highest BCUT2D eigenvalue weighted by molar-refractivity contribution is 5.20. The second-order valence-corrected chi connectivity index (χ2v) is 4.70. The van der Waals surface area contributed by atoms with Crippen molar-refractivity contribution in [1.29, 1.82) is 0 Å². The number of aliphatic hydroxyl groups is 2. The number of nitrogens with zero attached hydrogens (tertiary/aromatic N) is 1. The molecule has 0 spiro atoms. The molecule has 5 nitrogen and oxygen atoms in total. The highest BCUT2D eigenvalue weighted by atomic mass is 19.1. The summed E-state index contributed by atoms with van der Waals surface area (Å²) in [5, 5.41) is 18.5. The van der Waals surface area contributed by atoms with Gasteiger partial charge in [0.25, 0.3) is 0 Å². The number of ether oxygens (including phenoxy) is 2. The Morgan fingerprint density at radius 1 is 1.19 bits per heavy atom. The lowest BCUT2D eigenvalue weighted by Crippen LogP contribution is -2.39. The van der Waals surface area contributed by atoms with Crippen LogP contribution in [0.2, 0.25) is 0 Å². The van der Waals surface area contributed by atoms with Gasteiger partial charge in [-0.25, -0.2) is 4.39 Å². The third-order valence-electron chi connectivity index (χ3n) is 3.37. The molecule has 2 N–H and O–H groups in total. The first kappa shape index (κ1) is 18.0. The molecule has 0 amide bonds. The van der Waals surface area contributed by atoms with Gasteiger partial charge in [-0.05, 0) is 24.1 Å². The molecule has 1 unspecified atom stereocenters. The molecule has 0 aliphatic rings. The fourth-order valence-corrected chi connectivity index (χ4v) is 2.34. The first-order chi connectivity index (χ1) is 10.2. The van der Waals surface area contributed by atoms with E-state index in [1.54, 1.807) is 6.07 Å². The maximum absolute atomic E-state index is 13.4. The zero-order valence-corrected chi connectivity index (χ0v) is 12.5. The predicted molar refractivity (Wildman–Crippen MR) is 77.3 cm³/mol. The molecule has 0 aromatic heterocycles. The predicted octanol–water partition coefficient (Wildman–Crippen LogP) is 1.16. The maximum Gasteiger partial charge on any atom is 0.169 e. The normalized spacial score (nSPS) is 13.1. The summed E-state index contributed by atoms with van der Waals surface area (Å²) in [5.74, 6) is -0.325. The highest BCUT2D eigenvalue weighted by Gasteiger charge is 2.23. The smallest absolute Gasteiger partial charge is 0.169 e. The second-order valence-electron chi connectivity index (χ2n) is 4.70. The average Bonchev–Trinajstić information content (AvgIpc) is 2.49. The van der Waals surface area contributed by atoms with E-state index in [4.69, 9.17) is 9.47 Å². The van der Waals surface area contributed by atoms with Crippen molar-refractivity contribution in [1.82, 2.24) is 4.90 Å². The van der Waals surface area contributed by atoms with Gasteiger partial charge in [-0.15, -0.1) is 0 Å². The van der Waals surface area contributed by atoms with E-state index in [1.807, 2.05) is 11.0 Å². The number of hydrogen-bond acceptors (Lipinski definition) is 5. The van der Waals surface area contributed by atoms with Crippen LogP contribution in [0.3, 0.4) is 0 Å². The molecule has 0 radical (unpaired) electrons. The summed E-state index contributed by atoms with van der Waals surface area (Å²) in [7, 11) is 3.07. The Morgan fingerprint density at radius 2 is 1.90 bits per heavy atom. The van der Waals surface area contributed by atoms with Crippen molar-refractivity contribution in [2.24, 2.45) is 0 Å². The molecule has 0 heterocycles. The van der Waals surface area contributed by atoms with Gasteiger partial charge in [0.05, 0.1) is 13.2 Å². The summed E-state index contributed by atoms with van der Waals surface area (Å²) in [5.41, 5.74) is 0.753. The molecule has 0 aliphatic heterocycles. The number of rotatable bonds is 10. The molecule has 21 heavy (non-hydrogen) atoms. The summed E-state index contributed by atoms with van der Waals surface area (Å²) in [4.78, 5) is 1.92. The summed E-state index contributed by atoms with van der Waals surface area (Å²) < 4.78 is 23.8. The molecule has 0 aliphatic carbocycles. The van der Waals surface area contributed by atoms with E-state index in [2.05, 4.69) is 0 Å². The third kappa shape index (κ3) is 5.68. The lowest BCUT2D eigenvalue weighted by molar-refractivity contribution is -0.122. The van der Waals surface area contributed by atoms with Crippen molar-refractivity contribution < 1.29 is 24.1 Å². The van der Waals surface area contributed by atoms with Crippen molar-refractivity contribution in [2.45, 2.75) is 18.8 Å². The maximum atomic E-state index is 13.4. The van der Waals surface area contributed by atoms with Gasteiger partial charge < -0.3 is 19.7 Å². The van der Waals surface area contributed by atoms with Gasteiger partial charge in [0.15, 0.2) is 6.29 Å². The van der Waals surface area contributed by atoms with E-state index in [9.17, 15) is 14.6 Å². The van der Waals surface area contributed by atoms with Crippen LogP contribution in [0.15, 0.2) is 24.3 Å². The molecule has 0 saturated heterocycles. The van der Waals surface area contributed by atoms with Gasteiger partial charge >= 0.3 is 0 Å². The molecule has 1 aromatic rings. The van der Waals surface area contributed by atoms with Gasteiger partial charge in [0, 0.05) is 33.4 Å². The number of halogens is 1. The zero-order valence-electron chi connectivity index (χ0n) is 12.5. The van der Waals surface area contributed by atoms with Gasteiger partial charge in [-0.2, -0.15) is 0 Å². The summed E-state index contributed by atoms with van der Waals surface area (Å²) in [6, 6.07) is 6.05. The monoisotopic (exact) mass is 301 g/mol. The zero-order chi connectivity index (χ0) is 15.7. The fraction of sp³-hybridized carbons (Fsp3) is 0.600. The van der Waals surface area contributed by atoms with E-state index in [-0.39, 0.29) is 25.1 Å². The molecular formula is C15H24FNO4. The number of hydrogen-bond donors (Lipinski definition) is 2. The first-order valence-electron chi connectivity index (χ1n) is 6.93. The number of methoxy groups -OCH3 is 2. The molecule has 6 heteroatoms. The topological polar surface area (TPSA) is 62.2 Å². The van der Waals surface area contributed by atoms with Crippen LogP contribution in [0.1, 0.15) is 18.0 Å². The molecule has 1 atom stereocenters. The van der Waals surface area contributed by atoms with Crippen LogP contribution >= 0.6 is 0 Å². The molecule has 0 saturated carbocycles. The Balaban J connectivity index is 2.96. The summed E-state index contributed by atoms with van der Waals surface area (Å²) in [6.45, 7) is 0.713. The molecule has 0 fully saturated rings. The van der Waals surface area contributed by atoms with Crippen molar-refractivity contribution in [3.8, 4) is 0 Å². The van der Waals surface area contributed by atoms with Crippen molar-refractivity contribution in [3.63, 3.8) is 0 Å². The number of aliphatic hydroxyl groups excluding tert-OH is 2. The van der Waals surface area contributed by atoms with Crippen LogP contribution in [0.5, 0.6) is 0 Å². The third-order valence-corrected chi connectivity index (χ3v) is 3.37. The van der Waals surface area contributed by atoms with Gasteiger partial charge in [0.2, 0.25) is 0 Å². The van der Waals surface area contributed by atoms with Crippen LogP contribution in [0.25, 0.3) is 0 Å². The van der Waals surface area contributed by atoms with Gasteiger partial charge in [0.1, 0.15) is 5.82 Å². The first-order valence-corrected chi connectivity index (χ1v) is 6.93. The van der Waals surface area contributed by atoms with Crippen LogP contribution in [0.4, 0.5) is 4.39 Å². The van der Waals surface area contributed by atoms with E-state index in [0.29, 0.717) is 19.5 Å². The van der Waals surface area contributed by atoms with Crippen molar-refractivity contribution in [2.75, 3.05) is 40.5 Å². The Labute approximate surface area is 124 Å². The highest BCUT2D eigenvalue weighted by Crippen LogP contribution is 2.25. The largest absolute Gasteiger partial charge is 0.396 e. The second kappa shape index (κ2) is 9.81. The SMILES string of the molecule is COC(CN(CCO)C(CCO)c1cccc(F)c1)OC. The minimum atomic E-state index is -0.452. The fourth-order valence-electron chi connectivity index (χ4n) is 2.34. The van der Waals surface area contributed by atoms with Crippen LogP contribution < -0.4 is 0 Å². The summed E-state index contributed by atoms with van der Waals surface area (Å²) >= 11 is 0. The molecule has 0 bridgehead atoms. The Hall–Kier alpha value is -1.05. The van der Waals surface area contributed by atoms with Gasteiger partial charge in [-0.3, -0.25) is 4.90 Å². The average molecular weight is 301 g/mol. The van der Waals surface area contributed by atoms with Crippen LogP contribution in [0, 0.1) is 5.82 Å². The number of benzene rings is 1. The lowest BCUT2D eigenvalue weighted by Gasteiger charge is -2.33. The molecule has 120 valence electrons. The molecule has 1 aromatic carbocycles. The Bertz CT molecular complexity index is 401. The van der Waals surface area contributed by atoms with E-state index in [1.165, 1.54) is 26.4 Å². The Kier molecular flexibility index (Phi) is 8.41. The minimum absolute atomic E-state index is 0.0340. The standard InChI is InChI=1S/C15H24FNO4/c1-20-15(21-2)11-17(7-9-19)14(6-8-18)12-4-3-5-13(16)10-12/h3-5,10,14-15,18-19H,6-9,11H2,1-2H3.